The molecule has 136 valence electrons. The summed E-state index contributed by atoms with van der Waals surface area (Å²) in [5, 5.41) is 8.93. The minimum Gasteiger partial charge on any atom is -0.479 e. The van der Waals surface area contributed by atoms with Gasteiger partial charge in [0.2, 0.25) is 15.7 Å². The number of carbonyl (C=O) groups excluding carboxylic acids is 1. The number of likely N-dealkylation sites (tertiary alicyclic amines) is 1. The van der Waals surface area contributed by atoms with E-state index in [-0.39, 0.29) is 13.0 Å². The molecule has 1 saturated heterocycles. The van der Waals surface area contributed by atoms with Crippen LogP contribution in [0, 0.1) is 0 Å². The molecule has 25 heavy (non-hydrogen) atoms. The summed E-state index contributed by atoms with van der Waals surface area (Å²) in [6, 6.07) is 4.70. The standard InChI is InChI=1S/C16H19FN2O5S/c1-25(23,24)19-7-2-3-11-9-12(4-5-13(11)19)14(20)18-8-6-16(17,10-18)15(21)22/h4-5,9H,2-3,6-8,10H2,1H3,(H,21,22). The monoisotopic (exact) mass is 370 g/mol. The van der Waals surface area contributed by atoms with Gasteiger partial charge in [-0.25, -0.2) is 17.6 Å². The summed E-state index contributed by atoms with van der Waals surface area (Å²) < 4.78 is 39.2. The van der Waals surface area contributed by atoms with Crippen molar-refractivity contribution in [1.29, 1.82) is 0 Å². The summed E-state index contributed by atoms with van der Waals surface area (Å²) in [7, 11) is -3.39. The summed E-state index contributed by atoms with van der Waals surface area (Å²) in [6.45, 7) is -0.0455. The fourth-order valence-electron chi connectivity index (χ4n) is 3.34. The number of aliphatic carboxylic acids is 1. The first-order chi connectivity index (χ1) is 11.6. The van der Waals surface area contributed by atoms with Crippen LogP contribution < -0.4 is 4.31 Å². The van der Waals surface area contributed by atoms with Crippen molar-refractivity contribution in [3.05, 3.63) is 29.3 Å². The maximum absolute atomic E-state index is 14.2. The average Bonchev–Trinajstić information content (AvgIpc) is 2.96. The molecule has 1 atom stereocenters. The van der Waals surface area contributed by atoms with Gasteiger partial charge in [-0.2, -0.15) is 0 Å². The minimum absolute atomic E-state index is 0.0359. The molecule has 0 bridgehead atoms. The number of amides is 1. The summed E-state index contributed by atoms with van der Waals surface area (Å²) in [4.78, 5) is 24.7. The Labute approximate surface area is 145 Å². The zero-order valence-electron chi connectivity index (χ0n) is 13.7. The third-order valence-corrected chi connectivity index (χ3v) is 5.87. The molecule has 0 saturated carbocycles. The predicted molar refractivity (Wildman–Crippen MR) is 88.9 cm³/mol. The molecule has 2 aliphatic heterocycles. The number of carboxylic acids is 1. The van der Waals surface area contributed by atoms with E-state index in [9.17, 15) is 22.4 Å². The van der Waals surface area contributed by atoms with E-state index >= 15 is 0 Å². The molecule has 0 spiro atoms. The van der Waals surface area contributed by atoms with Gasteiger partial charge in [0.1, 0.15) is 0 Å². The van der Waals surface area contributed by atoms with Crippen LogP contribution in [0.25, 0.3) is 0 Å². The Kier molecular flexibility index (Phi) is 4.22. The highest BCUT2D eigenvalue weighted by molar-refractivity contribution is 7.92. The number of halogens is 1. The third-order valence-electron chi connectivity index (χ3n) is 4.69. The molecule has 0 aliphatic carbocycles. The summed E-state index contributed by atoms with van der Waals surface area (Å²) in [5.41, 5.74) is -0.802. The first-order valence-corrected chi connectivity index (χ1v) is 9.79. The van der Waals surface area contributed by atoms with Crippen molar-refractivity contribution < 1.29 is 27.5 Å². The van der Waals surface area contributed by atoms with Crippen LogP contribution in [0.4, 0.5) is 10.1 Å². The van der Waals surface area contributed by atoms with Gasteiger partial charge in [0.05, 0.1) is 18.5 Å². The fourth-order valence-corrected chi connectivity index (χ4v) is 4.34. The van der Waals surface area contributed by atoms with Gasteiger partial charge < -0.3 is 10.0 Å². The second-order valence-electron chi connectivity index (χ2n) is 6.53. The molecule has 2 heterocycles. The van der Waals surface area contributed by atoms with Gasteiger partial charge in [0.25, 0.3) is 5.91 Å². The molecule has 7 nitrogen and oxygen atoms in total. The van der Waals surface area contributed by atoms with E-state index in [1.54, 1.807) is 12.1 Å². The SMILES string of the molecule is CS(=O)(=O)N1CCCc2cc(C(=O)N3CCC(F)(C(=O)O)C3)ccc21. The van der Waals surface area contributed by atoms with Crippen LogP contribution >= 0.6 is 0 Å². The Balaban J connectivity index is 1.86. The first kappa shape index (κ1) is 17.7. The smallest absolute Gasteiger partial charge is 0.343 e. The summed E-state index contributed by atoms with van der Waals surface area (Å²) >= 11 is 0. The number of anilines is 1. The maximum atomic E-state index is 14.2. The molecular formula is C16H19FN2O5S. The zero-order chi connectivity index (χ0) is 18.4. The van der Waals surface area contributed by atoms with Crippen LogP contribution in [0.2, 0.25) is 0 Å². The topological polar surface area (TPSA) is 95.0 Å². The molecule has 0 radical (unpaired) electrons. The number of hydrogen-bond donors (Lipinski definition) is 1. The maximum Gasteiger partial charge on any atom is 0.343 e. The zero-order valence-corrected chi connectivity index (χ0v) is 14.6. The predicted octanol–water partition coefficient (Wildman–Crippen LogP) is 1.04. The highest BCUT2D eigenvalue weighted by atomic mass is 32.2. The normalized spacial score (nSPS) is 23.4. The molecule has 1 amide bonds. The van der Waals surface area contributed by atoms with E-state index in [0.717, 1.165) is 11.8 Å². The van der Waals surface area contributed by atoms with Crippen LogP contribution in [0.1, 0.15) is 28.8 Å². The van der Waals surface area contributed by atoms with Crippen LogP contribution in [-0.4, -0.2) is 61.9 Å². The summed E-state index contributed by atoms with van der Waals surface area (Å²) in [5.74, 6) is -2.00. The van der Waals surface area contributed by atoms with Crippen molar-refractivity contribution in [2.24, 2.45) is 0 Å². The van der Waals surface area contributed by atoms with E-state index in [4.69, 9.17) is 5.11 Å². The Hall–Kier alpha value is -2.16. The number of fused-ring (bicyclic) bond motifs is 1. The van der Waals surface area contributed by atoms with Crippen LogP contribution in [0.15, 0.2) is 18.2 Å². The van der Waals surface area contributed by atoms with Crippen LogP contribution in [0.5, 0.6) is 0 Å². The Morgan fingerprint density at radius 3 is 2.60 bits per heavy atom. The Morgan fingerprint density at radius 2 is 2.00 bits per heavy atom. The Morgan fingerprint density at radius 1 is 1.28 bits per heavy atom. The average molecular weight is 370 g/mol. The molecular weight excluding hydrogens is 351 g/mol. The van der Waals surface area contributed by atoms with Gasteiger partial charge in [-0.15, -0.1) is 0 Å². The molecule has 1 N–H and O–H groups in total. The molecule has 0 aromatic heterocycles. The van der Waals surface area contributed by atoms with Crippen molar-refractivity contribution in [3.8, 4) is 0 Å². The molecule has 2 aliphatic rings. The lowest BCUT2D eigenvalue weighted by atomic mass is 10.0. The number of aryl methyl sites for hydroxylation is 1. The van der Waals surface area contributed by atoms with E-state index in [0.29, 0.717) is 30.6 Å². The largest absolute Gasteiger partial charge is 0.479 e. The number of benzene rings is 1. The van der Waals surface area contributed by atoms with Gasteiger partial charge in [-0.3, -0.25) is 9.10 Å². The van der Waals surface area contributed by atoms with E-state index in [1.165, 1.54) is 15.3 Å². The minimum atomic E-state index is -3.39. The van der Waals surface area contributed by atoms with Crippen LogP contribution in [0.3, 0.4) is 0 Å². The lowest BCUT2D eigenvalue weighted by Crippen LogP contribution is -2.39. The number of carbonyl (C=O) groups is 2. The van der Waals surface area contributed by atoms with Crippen molar-refractivity contribution in [1.82, 2.24) is 4.90 Å². The highest BCUT2D eigenvalue weighted by Crippen LogP contribution is 2.32. The Bertz CT molecular complexity index is 841. The molecule has 1 aromatic carbocycles. The number of nitrogens with zero attached hydrogens (tertiary/aromatic N) is 2. The molecule has 1 unspecified atom stereocenters. The third kappa shape index (κ3) is 3.20. The molecule has 1 fully saturated rings. The van der Waals surface area contributed by atoms with E-state index < -0.39 is 34.1 Å². The lowest BCUT2D eigenvalue weighted by Gasteiger charge is -2.29. The number of carboxylic acid groups (broad SMARTS) is 1. The second kappa shape index (κ2) is 5.98. The van der Waals surface area contributed by atoms with Gasteiger partial charge >= 0.3 is 5.97 Å². The number of hydrogen-bond acceptors (Lipinski definition) is 4. The molecule has 1 aromatic rings. The van der Waals surface area contributed by atoms with Crippen molar-refractivity contribution >= 4 is 27.6 Å². The van der Waals surface area contributed by atoms with Crippen molar-refractivity contribution in [2.75, 3.05) is 30.2 Å². The van der Waals surface area contributed by atoms with Crippen molar-refractivity contribution in [2.45, 2.75) is 24.9 Å². The number of rotatable bonds is 3. The van der Waals surface area contributed by atoms with Gasteiger partial charge in [0.15, 0.2) is 0 Å². The number of sulfonamides is 1. The number of alkyl halides is 1. The van der Waals surface area contributed by atoms with E-state index in [2.05, 4.69) is 0 Å². The summed E-state index contributed by atoms with van der Waals surface area (Å²) in [6.07, 6.45) is 2.19. The van der Waals surface area contributed by atoms with Crippen molar-refractivity contribution in [3.63, 3.8) is 0 Å². The molecule has 9 heteroatoms. The van der Waals surface area contributed by atoms with Gasteiger partial charge in [-0.05, 0) is 36.6 Å². The second-order valence-corrected chi connectivity index (χ2v) is 8.44. The van der Waals surface area contributed by atoms with Gasteiger partial charge in [-0.1, -0.05) is 0 Å². The molecule has 3 rings (SSSR count). The lowest BCUT2D eigenvalue weighted by molar-refractivity contribution is -0.149. The fraction of sp³-hybridized carbons (Fsp3) is 0.500. The highest BCUT2D eigenvalue weighted by Gasteiger charge is 2.47. The van der Waals surface area contributed by atoms with Gasteiger partial charge in [0, 0.05) is 25.1 Å². The van der Waals surface area contributed by atoms with Crippen LogP contribution in [-0.2, 0) is 21.2 Å². The first-order valence-electron chi connectivity index (χ1n) is 7.94. The quantitative estimate of drug-likeness (QED) is 0.858. The van der Waals surface area contributed by atoms with E-state index in [1.807, 2.05) is 0 Å².